The zero-order valence-corrected chi connectivity index (χ0v) is 16.0. The number of carbonyl (C=O) groups is 2. The zero-order valence-electron chi connectivity index (χ0n) is 16.0. The monoisotopic (exact) mass is 405 g/mol. The molecule has 30 heavy (non-hydrogen) atoms. The van der Waals surface area contributed by atoms with Crippen LogP contribution in [-0.4, -0.2) is 35.4 Å². The standard InChI is InChI=1S/C22H19N3O5/c1-30-18-8-6-15(7-9-18)21(28)24-17-4-2-3-16(12-17)22(29)25-23-13-14-5-10-19(26)20(27)11-14/h2-13,26-27H,1H3,(H,24,28)(H,25,29)/b23-13+. The van der Waals surface area contributed by atoms with Gasteiger partial charge >= 0.3 is 0 Å². The van der Waals surface area contributed by atoms with E-state index in [9.17, 15) is 19.8 Å². The van der Waals surface area contributed by atoms with Gasteiger partial charge in [0, 0.05) is 16.8 Å². The summed E-state index contributed by atoms with van der Waals surface area (Å²) in [5.41, 5.74) is 4.06. The van der Waals surface area contributed by atoms with Gasteiger partial charge in [0.05, 0.1) is 13.3 Å². The molecule has 0 aromatic heterocycles. The maximum atomic E-state index is 12.4. The molecule has 0 aliphatic rings. The highest BCUT2D eigenvalue weighted by atomic mass is 16.5. The van der Waals surface area contributed by atoms with Crippen LogP contribution in [0.1, 0.15) is 26.3 Å². The first kappa shape index (κ1) is 20.4. The molecule has 3 aromatic carbocycles. The number of nitrogens with zero attached hydrogens (tertiary/aromatic N) is 1. The molecular formula is C22H19N3O5. The number of phenolic OH excluding ortho intramolecular Hbond substituents is 2. The average Bonchev–Trinajstić information content (AvgIpc) is 2.76. The SMILES string of the molecule is COc1ccc(C(=O)Nc2cccc(C(=O)N/N=C/c3ccc(O)c(O)c3)c2)cc1. The van der Waals surface area contributed by atoms with E-state index >= 15 is 0 Å². The molecule has 3 rings (SSSR count). The van der Waals surface area contributed by atoms with E-state index in [0.717, 1.165) is 0 Å². The summed E-state index contributed by atoms with van der Waals surface area (Å²) in [5.74, 6) is -0.682. The number of methoxy groups -OCH3 is 1. The predicted octanol–water partition coefficient (Wildman–Crippen LogP) is 3.12. The molecule has 0 spiro atoms. The lowest BCUT2D eigenvalue weighted by atomic mass is 10.1. The molecule has 0 heterocycles. The fraction of sp³-hybridized carbons (Fsp3) is 0.0455. The van der Waals surface area contributed by atoms with E-state index in [1.165, 1.54) is 30.5 Å². The predicted molar refractivity (Wildman–Crippen MR) is 112 cm³/mol. The summed E-state index contributed by atoms with van der Waals surface area (Å²) >= 11 is 0. The average molecular weight is 405 g/mol. The van der Waals surface area contributed by atoms with Crippen LogP contribution in [0.3, 0.4) is 0 Å². The lowest BCUT2D eigenvalue weighted by molar-refractivity contribution is 0.0953. The molecule has 4 N–H and O–H groups in total. The molecular weight excluding hydrogens is 386 g/mol. The molecule has 8 nitrogen and oxygen atoms in total. The normalized spacial score (nSPS) is 10.6. The summed E-state index contributed by atoms with van der Waals surface area (Å²) in [6, 6.07) is 17.2. The highest BCUT2D eigenvalue weighted by molar-refractivity contribution is 6.05. The van der Waals surface area contributed by atoms with Crippen LogP contribution in [0.4, 0.5) is 5.69 Å². The minimum atomic E-state index is -0.477. The molecule has 0 aliphatic carbocycles. The molecule has 3 aromatic rings. The molecule has 0 fully saturated rings. The van der Waals surface area contributed by atoms with Gasteiger partial charge in [0.1, 0.15) is 5.75 Å². The molecule has 0 saturated carbocycles. The van der Waals surface area contributed by atoms with E-state index in [4.69, 9.17) is 4.74 Å². The maximum absolute atomic E-state index is 12.4. The van der Waals surface area contributed by atoms with Crippen LogP contribution in [0.2, 0.25) is 0 Å². The van der Waals surface area contributed by atoms with Crippen molar-refractivity contribution in [2.45, 2.75) is 0 Å². The lowest BCUT2D eigenvalue weighted by Gasteiger charge is -2.08. The van der Waals surface area contributed by atoms with Gasteiger partial charge in [-0.3, -0.25) is 9.59 Å². The smallest absolute Gasteiger partial charge is 0.271 e. The second kappa shape index (κ2) is 9.24. The van der Waals surface area contributed by atoms with Gasteiger partial charge < -0.3 is 20.3 Å². The molecule has 0 bridgehead atoms. The van der Waals surface area contributed by atoms with Crippen LogP contribution < -0.4 is 15.5 Å². The highest BCUT2D eigenvalue weighted by Crippen LogP contribution is 2.24. The van der Waals surface area contributed by atoms with Crippen molar-refractivity contribution in [2.75, 3.05) is 12.4 Å². The van der Waals surface area contributed by atoms with Crippen molar-refractivity contribution in [3.63, 3.8) is 0 Å². The fourth-order valence-corrected chi connectivity index (χ4v) is 2.53. The number of benzene rings is 3. The molecule has 8 heteroatoms. The molecule has 152 valence electrons. The number of hydrogen-bond acceptors (Lipinski definition) is 6. The Labute approximate surface area is 172 Å². The Morgan fingerprint density at radius 3 is 2.37 bits per heavy atom. The van der Waals surface area contributed by atoms with Crippen molar-refractivity contribution in [1.82, 2.24) is 5.43 Å². The van der Waals surface area contributed by atoms with Gasteiger partial charge in [0.25, 0.3) is 11.8 Å². The van der Waals surface area contributed by atoms with E-state index in [2.05, 4.69) is 15.8 Å². The van der Waals surface area contributed by atoms with Gasteiger partial charge in [-0.15, -0.1) is 0 Å². The third-order valence-electron chi connectivity index (χ3n) is 4.11. The molecule has 0 aliphatic heterocycles. The Hall–Kier alpha value is -4.33. The van der Waals surface area contributed by atoms with E-state index in [-0.39, 0.29) is 17.4 Å². The van der Waals surface area contributed by atoms with Crippen molar-refractivity contribution < 1.29 is 24.5 Å². The third kappa shape index (κ3) is 5.14. The second-order valence-electron chi connectivity index (χ2n) is 6.21. The highest BCUT2D eigenvalue weighted by Gasteiger charge is 2.09. The number of rotatable bonds is 6. The van der Waals surface area contributed by atoms with Crippen molar-refractivity contribution in [2.24, 2.45) is 5.10 Å². The summed E-state index contributed by atoms with van der Waals surface area (Å²) in [7, 11) is 1.55. The minimum absolute atomic E-state index is 0.246. The van der Waals surface area contributed by atoms with Gasteiger partial charge in [0.2, 0.25) is 0 Å². The van der Waals surface area contributed by atoms with Gasteiger partial charge in [-0.1, -0.05) is 6.07 Å². The van der Waals surface area contributed by atoms with Crippen LogP contribution in [0.25, 0.3) is 0 Å². The quantitative estimate of drug-likeness (QED) is 0.285. The van der Waals surface area contributed by atoms with Crippen molar-refractivity contribution in [3.05, 3.63) is 83.4 Å². The number of ether oxygens (including phenoxy) is 1. The topological polar surface area (TPSA) is 120 Å². The number of hydrazone groups is 1. The van der Waals surface area contributed by atoms with Crippen LogP contribution in [0.5, 0.6) is 17.2 Å². The van der Waals surface area contributed by atoms with Crippen LogP contribution in [0.15, 0.2) is 71.8 Å². The lowest BCUT2D eigenvalue weighted by Crippen LogP contribution is -2.18. The van der Waals surface area contributed by atoms with Gasteiger partial charge in [0.15, 0.2) is 11.5 Å². The number of aromatic hydroxyl groups is 2. The van der Waals surface area contributed by atoms with E-state index < -0.39 is 5.91 Å². The molecule has 0 saturated heterocycles. The first-order valence-corrected chi connectivity index (χ1v) is 8.87. The van der Waals surface area contributed by atoms with Crippen LogP contribution in [-0.2, 0) is 0 Å². The summed E-state index contributed by atoms with van der Waals surface area (Å²) < 4.78 is 5.07. The second-order valence-corrected chi connectivity index (χ2v) is 6.21. The summed E-state index contributed by atoms with van der Waals surface area (Å²) in [5, 5.41) is 25.3. The molecule has 0 radical (unpaired) electrons. The molecule has 2 amide bonds. The van der Waals surface area contributed by atoms with Crippen LogP contribution >= 0.6 is 0 Å². The first-order valence-electron chi connectivity index (χ1n) is 8.87. The summed E-state index contributed by atoms with van der Waals surface area (Å²) in [4.78, 5) is 24.7. The zero-order chi connectivity index (χ0) is 21.5. The Morgan fingerprint density at radius 2 is 1.67 bits per heavy atom. The molecule has 0 unspecified atom stereocenters. The van der Waals surface area contributed by atoms with E-state index in [1.807, 2.05) is 0 Å². The largest absolute Gasteiger partial charge is 0.504 e. The summed E-state index contributed by atoms with van der Waals surface area (Å²) in [6.45, 7) is 0. The Balaban J connectivity index is 1.63. The minimum Gasteiger partial charge on any atom is -0.504 e. The van der Waals surface area contributed by atoms with Crippen molar-refractivity contribution in [1.29, 1.82) is 0 Å². The Kier molecular flexibility index (Phi) is 6.29. The maximum Gasteiger partial charge on any atom is 0.271 e. The van der Waals surface area contributed by atoms with Crippen molar-refractivity contribution >= 4 is 23.7 Å². The Morgan fingerprint density at radius 1 is 0.900 bits per heavy atom. The van der Waals surface area contributed by atoms with Crippen LogP contribution in [0, 0.1) is 0 Å². The number of amides is 2. The molecule has 0 atom stereocenters. The van der Waals surface area contributed by atoms with E-state index in [1.54, 1.807) is 49.6 Å². The number of carbonyl (C=O) groups excluding carboxylic acids is 2. The number of anilines is 1. The van der Waals surface area contributed by atoms with Gasteiger partial charge in [-0.05, 0) is 66.2 Å². The summed E-state index contributed by atoms with van der Waals surface area (Å²) in [6.07, 6.45) is 1.33. The van der Waals surface area contributed by atoms with Crippen molar-refractivity contribution in [3.8, 4) is 17.2 Å². The van der Waals surface area contributed by atoms with E-state index in [0.29, 0.717) is 28.1 Å². The number of hydrogen-bond donors (Lipinski definition) is 4. The Bertz CT molecular complexity index is 1090. The fourth-order valence-electron chi connectivity index (χ4n) is 2.53. The third-order valence-corrected chi connectivity index (χ3v) is 4.11. The van der Waals surface area contributed by atoms with Gasteiger partial charge in [-0.2, -0.15) is 5.10 Å². The number of nitrogens with one attached hydrogen (secondary N) is 2. The number of phenols is 2. The first-order chi connectivity index (χ1) is 14.5. The van der Waals surface area contributed by atoms with Gasteiger partial charge in [-0.25, -0.2) is 5.43 Å².